The van der Waals surface area contributed by atoms with Crippen molar-refractivity contribution in [3.05, 3.63) is 155 Å². The van der Waals surface area contributed by atoms with Crippen LogP contribution >= 0.6 is 22.6 Å². The summed E-state index contributed by atoms with van der Waals surface area (Å²) in [5, 5.41) is 23.7. The fourth-order valence-electron chi connectivity index (χ4n) is 11.2. The van der Waals surface area contributed by atoms with E-state index in [1.807, 2.05) is 49.4 Å². The molecule has 1 fully saturated rings. The predicted molar refractivity (Wildman–Crippen MR) is 305 cm³/mol. The van der Waals surface area contributed by atoms with Gasteiger partial charge in [-0.15, -0.1) is 0 Å². The van der Waals surface area contributed by atoms with Gasteiger partial charge in [-0.1, -0.05) is 95.3 Å². The molecule has 2 aromatic carbocycles. The first-order chi connectivity index (χ1) is 35.4. The minimum atomic E-state index is -0.177. The van der Waals surface area contributed by atoms with Gasteiger partial charge >= 0.3 is 0 Å². The van der Waals surface area contributed by atoms with Gasteiger partial charge < -0.3 is 25.8 Å². The Bertz CT molecular complexity index is 3100. The van der Waals surface area contributed by atoms with Crippen molar-refractivity contribution < 1.29 is 19.4 Å². The van der Waals surface area contributed by atoms with E-state index in [0.29, 0.717) is 50.4 Å². The number of aliphatic hydroxyl groups excluding tert-OH is 1. The third kappa shape index (κ3) is 11.0. The summed E-state index contributed by atoms with van der Waals surface area (Å²) >= 11 is 2.32. The number of aliphatic hydroxyl groups is 1. The molecule has 1 saturated heterocycles. The van der Waals surface area contributed by atoms with Crippen LogP contribution in [0.4, 0.5) is 0 Å². The molecule has 2 amide bonds. The van der Waals surface area contributed by atoms with E-state index in [-0.39, 0.29) is 29.8 Å². The number of hydrogen-bond donors (Lipinski definition) is 4. The van der Waals surface area contributed by atoms with E-state index < -0.39 is 0 Å². The van der Waals surface area contributed by atoms with Crippen molar-refractivity contribution in [1.29, 1.82) is 0 Å². The molecule has 11 nitrogen and oxygen atoms in total. The van der Waals surface area contributed by atoms with Crippen molar-refractivity contribution in [2.75, 3.05) is 19.7 Å². The van der Waals surface area contributed by atoms with Crippen LogP contribution in [0, 0.1) is 15.4 Å². The average molecular weight is 1090 g/mol. The van der Waals surface area contributed by atoms with Gasteiger partial charge in [-0.25, -0.2) is 20.0 Å². The van der Waals surface area contributed by atoms with Gasteiger partial charge in [0.2, 0.25) is 5.91 Å². The largest absolute Gasteiger partial charge is 0.511 e. The Morgan fingerprint density at radius 2 is 1.58 bits per heavy atom. The number of amides is 2. The fraction of sp³-hybridized carbons (Fsp3) is 0.410. The van der Waals surface area contributed by atoms with Crippen molar-refractivity contribution in [2.45, 2.75) is 132 Å². The van der Waals surface area contributed by atoms with Gasteiger partial charge in [0, 0.05) is 87.0 Å². The van der Waals surface area contributed by atoms with Crippen LogP contribution in [0.2, 0.25) is 0 Å². The molecule has 0 saturated carbocycles. The zero-order valence-electron chi connectivity index (χ0n) is 43.6. The highest BCUT2D eigenvalue weighted by atomic mass is 124. The number of aromatic nitrogens is 1. The second kappa shape index (κ2) is 23.1. The Hall–Kier alpha value is -5.99. The van der Waals surface area contributed by atoms with E-state index in [0.717, 1.165) is 150 Å². The minimum absolute atomic E-state index is 0.0149. The number of halogens is 1. The molecular weight excluding hydrogens is 1020 g/mol. The average Bonchev–Trinajstić information content (AvgIpc) is 4.15. The number of hydrogen-bond acceptors (Lipinski definition) is 9. The van der Waals surface area contributed by atoms with E-state index in [1.165, 1.54) is 18.4 Å². The molecule has 9 rings (SSSR count). The molecule has 73 heavy (non-hydrogen) atoms. The number of allylic oxidation sites excluding steroid dienone is 11. The van der Waals surface area contributed by atoms with E-state index in [1.54, 1.807) is 0 Å². The van der Waals surface area contributed by atoms with E-state index in [2.05, 4.69) is 110 Å². The molecule has 12 heteroatoms. The molecule has 8 bridgehead atoms. The Morgan fingerprint density at radius 1 is 0.849 bits per heavy atom. The molecule has 1 aromatic heterocycles. The Balaban J connectivity index is 0.858. The van der Waals surface area contributed by atoms with Crippen molar-refractivity contribution in [3.8, 4) is 11.3 Å². The highest BCUT2D eigenvalue weighted by Crippen LogP contribution is 2.47. The fourth-order valence-corrected chi connectivity index (χ4v) is 11.8. The lowest BCUT2D eigenvalue weighted by molar-refractivity contribution is -0.121. The lowest BCUT2D eigenvalue weighted by atomic mass is 9.86. The molecular formula is C61H70IN7O4. The number of aliphatic imine (C=N–C) groups is 3. The third-order valence-corrected chi connectivity index (χ3v) is 16.3. The van der Waals surface area contributed by atoms with Gasteiger partial charge in [0.15, 0.2) is 0 Å². The van der Waals surface area contributed by atoms with Crippen molar-refractivity contribution in [3.63, 3.8) is 0 Å². The first-order valence-corrected chi connectivity index (χ1v) is 27.7. The number of nitrogens with zero attached hydrogens (tertiary/aromatic N) is 4. The lowest BCUT2D eigenvalue weighted by Gasteiger charge is -2.18. The van der Waals surface area contributed by atoms with Gasteiger partial charge in [-0.05, 0) is 140 Å². The topological polar surface area (TPSA) is 150 Å². The Labute approximate surface area is 444 Å². The van der Waals surface area contributed by atoms with Gasteiger partial charge in [0.1, 0.15) is 11.5 Å². The van der Waals surface area contributed by atoms with E-state index in [4.69, 9.17) is 24.7 Å². The number of rotatable bonds is 20. The third-order valence-electron chi connectivity index (χ3n) is 15.4. The van der Waals surface area contributed by atoms with Crippen LogP contribution in [-0.4, -0.2) is 64.8 Å². The second-order valence-electron chi connectivity index (χ2n) is 20.2. The number of carbonyl (C=O) groups is 2. The van der Waals surface area contributed by atoms with Crippen LogP contribution in [0.5, 0.6) is 0 Å². The number of unbranched alkanes of at least 4 members (excludes halogenated alkanes) is 6. The van der Waals surface area contributed by atoms with E-state index >= 15 is 0 Å². The summed E-state index contributed by atoms with van der Waals surface area (Å²) < 4.78 is 7.61. The normalized spacial score (nSPS) is 19.6. The molecule has 6 aliphatic rings. The zero-order chi connectivity index (χ0) is 51.3. The van der Waals surface area contributed by atoms with E-state index in [9.17, 15) is 14.7 Å². The predicted octanol–water partition coefficient (Wildman–Crippen LogP) is 13.3. The van der Waals surface area contributed by atoms with Gasteiger partial charge in [0.05, 0.1) is 46.0 Å². The standard InChI is InChI=1S/C61H70IN7O4/c1-8-10-11-20-29-73-39(7)56-37(5)49-32-48-36(4)42(58(67-48)45-31-54(70)57-38(6)50(68-60(45)57)33-51-41(9-2)35(3)47(65-51)34-52(56)66-49)25-26-55(71)63-27-18-12-13-19-28-64-61(72)53-30-40-21-14-15-22-43(40)59(69-53)44-23-16-17-24-46(44)62/h14-17,21-24,30,32-34,36,39,42,67,70H,8-13,18-20,25-29,31H2,1-7H3,(H,63,71)(H,64,72)/t36-,39?,42-/m0/s1/i62-3. The summed E-state index contributed by atoms with van der Waals surface area (Å²) in [6, 6.07) is 18.0. The van der Waals surface area contributed by atoms with Gasteiger partial charge in [-0.2, -0.15) is 0 Å². The van der Waals surface area contributed by atoms with Crippen LogP contribution in [0.3, 0.4) is 0 Å². The summed E-state index contributed by atoms with van der Waals surface area (Å²) in [4.78, 5) is 47.6. The molecule has 3 atom stereocenters. The number of fused-ring (bicyclic) bond motifs is 6. The maximum atomic E-state index is 13.6. The number of pyridine rings is 1. The minimum Gasteiger partial charge on any atom is -0.511 e. The smallest absolute Gasteiger partial charge is 0.269 e. The van der Waals surface area contributed by atoms with Crippen LogP contribution in [0.1, 0.15) is 136 Å². The molecule has 5 aliphatic heterocycles. The Kier molecular flexibility index (Phi) is 16.4. The van der Waals surface area contributed by atoms with Crippen LogP contribution in [0.15, 0.2) is 161 Å². The molecule has 1 unspecified atom stereocenters. The molecule has 1 aliphatic carbocycles. The molecule has 0 radical (unpaired) electrons. The molecule has 0 spiro atoms. The monoisotopic (exact) mass is 1090 g/mol. The van der Waals surface area contributed by atoms with Gasteiger partial charge in [-0.3, -0.25) is 9.59 Å². The second-order valence-corrected chi connectivity index (χ2v) is 21.4. The highest BCUT2D eigenvalue weighted by molar-refractivity contribution is 14.1. The summed E-state index contributed by atoms with van der Waals surface area (Å²) in [6.45, 7) is 16.9. The molecule has 4 N–H and O–H groups in total. The molecule has 3 aromatic rings. The van der Waals surface area contributed by atoms with Gasteiger partial charge in [0.25, 0.3) is 5.91 Å². The number of ether oxygens (including phenoxy) is 1. The number of carbonyl (C=O) groups excluding carboxylic acids is 2. The number of benzene rings is 2. The first-order valence-electron chi connectivity index (χ1n) is 26.6. The lowest BCUT2D eigenvalue weighted by Crippen LogP contribution is -2.26. The summed E-state index contributed by atoms with van der Waals surface area (Å²) in [5.74, 6) is 0.200. The molecule has 6 heterocycles. The maximum absolute atomic E-state index is 13.6. The van der Waals surface area contributed by atoms with Crippen molar-refractivity contribution in [1.82, 2.24) is 20.9 Å². The van der Waals surface area contributed by atoms with Crippen LogP contribution < -0.4 is 16.0 Å². The Morgan fingerprint density at radius 3 is 2.36 bits per heavy atom. The summed E-state index contributed by atoms with van der Waals surface area (Å²) in [6.07, 6.45) is 16.6. The van der Waals surface area contributed by atoms with Crippen molar-refractivity contribution >= 4 is 62.3 Å². The SMILES string of the molecule is CCCCCCOC(C)C1=C(C)C2=NC1=CC1=NC(=CC3=C(C)C4=C(O)CC(=C5NC(=C2)[C@@H](C)[C@@H]5CCC(=O)NCCCCCCNC(=O)c2cc5ccccc5c(-c5ccccc5[124I])n2)C4=N3)C(CC)=C1C. The number of nitrogens with one attached hydrogen (secondary N) is 3. The highest BCUT2D eigenvalue weighted by Gasteiger charge is 2.41. The maximum Gasteiger partial charge on any atom is 0.269 e. The van der Waals surface area contributed by atoms with Crippen LogP contribution in [0.25, 0.3) is 22.0 Å². The summed E-state index contributed by atoms with van der Waals surface area (Å²) in [5.41, 5.74) is 16.7. The van der Waals surface area contributed by atoms with Crippen molar-refractivity contribution in [2.24, 2.45) is 26.8 Å². The first kappa shape index (κ1) is 51.9. The molecule has 380 valence electrons. The summed E-state index contributed by atoms with van der Waals surface area (Å²) in [7, 11) is 0. The zero-order valence-corrected chi connectivity index (χ0v) is 45.8. The quantitative estimate of drug-likeness (QED) is 0.0654. The van der Waals surface area contributed by atoms with Crippen LogP contribution in [-0.2, 0) is 9.53 Å².